The predicted octanol–water partition coefficient (Wildman–Crippen LogP) is 2.47. The molecule has 7 nitrogen and oxygen atoms in total. The molecule has 0 saturated heterocycles. The van der Waals surface area contributed by atoms with Gasteiger partial charge in [0.25, 0.3) is 0 Å². The molecule has 2 N–H and O–H groups in total. The molecule has 0 radical (unpaired) electrons. The molecule has 134 valence electrons. The summed E-state index contributed by atoms with van der Waals surface area (Å²) < 4.78 is 5.18. The Labute approximate surface area is 148 Å². The molecule has 1 aromatic heterocycles. The molecule has 0 spiro atoms. The highest BCUT2D eigenvalue weighted by molar-refractivity contribution is 5.89. The minimum absolute atomic E-state index is 0.156. The van der Waals surface area contributed by atoms with E-state index in [1.807, 2.05) is 50.2 Å². The van der Waals surface area contributed by atoms with Gasteiger partial charge in [-0.15, -0.1) is 0 Å². The fraction of sp³-hybridized carbons (Fsp3) is 0.389. The van der Waals surface area contributed by atoms with E-state index >= 15 is 0 Å². The molecule has 7 heteroatoms. The van der Waals surface area contributed by atoms with Crippen LogP contribution < -0.4 is 15.4 Å². The molecule has 1 atom stereocenters. The van der Waals surface area contributed by atoms with Crippen molar-refractivity contribution >= 4 is 11.7 Å². The van der Waals surface area contributed by atoms with Crippen molar-refractivity contribution in [1.29, 1.82) is 0 Å². The maximum Gasteiger partial charge on any atom is 0.319 e. The second-order valence-corrected chi connectivity index (χ2v) is 5.93. The zero-order chi connectivity index (χ0) is 18.2. The lowest BCUT2D eigenvalue weighted by molar-refractivity contribution is 0.244. The van der Waals surface area contributed by atoms with E-state index in [0.29, 0.717) is 12.2 Å². The van der Waals surface area contributed by atoms with E-state index in [9.17, 15) is 4.79 Å². The first-order valence-corrected chi connectivity index (χ1v) is 8.19. The number of aryl methyl sites for hydroxylation is 1. The Hall–Kier alpha value is -2.67. The van der Waals surface area contributed by atoms with Crippen LogP contribution in [0.4, 0.5) is 10.5 Å². The lowest BCUT2D eigenvalue weighted by Crippen LogP contribution is -2.37. The minimum Gasteiger partial charge on any atom is -0.497 e. The molecule has 0 unspecified atom stereocenters. The summed E-state index contributed by atoms with van der Waals surface area (Å²) in [6.07, 6.45) is 3.98. The first-order chi connectivity index (χ1) is 12.0. The average Bonchev–Trinajstić information content (AvgIpc) is 2.61. The Balaban J connectivity index is 2.05. The number of hydrogen-bond donors (Lipinski definition) is 2. The maximum atomic E-state index is 12.3. The highest BCUT2D eigenvalue weighted by Crippen LogP contribution is 2.18. The van der Waals surface area contributed by atoms with Crippen LogP contribution in [0.5, 0.6) is 5.75 Å². The van der Waals surface area contributed by atoms with Crippen LogP contribution in [0.1, 0.15) is 24.4 Å². The quantitative estimate of drug-likeness (QED) is 0.807. The van der Waals surface area contributed by atoms with E-state index in [1.54, 1.807) is 19.5 Å². The number of methoxy groups -OCH3 is 1. The maximum absolute atomic E-state index is 12.3. The number of anilines is 1. The van der Waals surface area contributed by atoms with Gasteiger partial charge < -0.3 is 20.3 Å². The molecule has 0 saturated carbocycles. The van der Waals surface area contributed by atoms with Gasteiger partial charge in [-0.25, -0.2) is 14.8 Å². The van der Waals surface area contributed by atoms with Gasteiger partial charge in [-0.05, 0) is 31.8 Å². The van der Waals surface area contributed by atoms with Gasteiger partial charge in [-0.3, -0.25) is 0 Å². The van der Waals surface area contributed by atoms with Gasteiger partial charge in [0, 0.05) is 13.0 Å². The monoisotopic (exact) mass is 343 g/mol. The number of ether oxygens (including phenoxy) is 1. The molecule has 0 aliphatic rings. The normalized spacial score (nSPS) is 11.9. The minimum atomic E-state index is -0.296. The number of likely N-dealkylation sites (N-methyl/N-ethyl adjacent to an activating group) is 1. The van der Waals surface area contributed by atoms with Crippen molar-refractivity contribution in [2.24, 2.45) is 0 Å². The number of hydrogen-bond acceptors (Lipinski definition) is 5. The fourth-order valence-electron chi connectivity index (χ4n) is 2.36. The molecule has 0 aliphatic heterocycles. The third-order valence-electron chi connectivity index (χ3n) is 3.65. The van der Waals surface area contributed by atoms with Gasteiger partial charge in [0.05, 0.1) is 31.2 Å². The highest BCUT2D eigenvalue weighted by atomic mass is 16.5. The smallest absolute Gasteiger partial charge is 0.319 e. The summed E-state index contributed by atoms with van der Waals surface area (Å²) in [6, 6.07) is 7.22. The number of urea groups is 1. The van der Waals surface area contributed by atoms with Crippen LogP contribution >= 0.6 is 0 Å². The van der Waals surface area contributed by atoms with Crippen LogP contribution in [0.3, 0.4) is 0 Å². The van der Waals surface area contributed by atoms with Crippen molar-refractivity contribution < 1.29 is 9.53 Å². The first kappa shape index (κ1) is 18.7. The summed E-state index contributed by atoms with van der Waals surface area (Å²) in [5.74, 6) is 1.53. The molecule has 2 rings (SSSR count). The Morgan fingerprint density at radius 3 is 2.36 bits per heavy atom. The van der Waals surface area contributed by atoms with Crippen molar-refractivity contribution in [2.45, 2.75) is 19.4 Å². The van der Waals surface area contributed by atoms with E-state index < -0.39 is 0 Å². The van der Waals surface area contributed by atoms with Crippen molar-refractivity contribution in [3.8, 4) is 5.75 Å². The number of aromatic nitrogens is 2. The molecule has 1 heterocycles. The molecular weight excluding hydrogens is 318 g/mol. The van der Waals surface area contributed by atoms with Crippen LogP contribution in [0.2, 0.25) is 0 Å². The molecule has 0 bridgehead atoms. The van der Waals surface area contributed by atoms with Gasteiger partial charge in [0.2, 0.25) is 0 Å². The zero-order valence-electron chi connectivity index (χ0n) is 15.1. The Kier molecular flexibility index (Phi) is 6.71. The first-order valence-electron chi connectivity index (χ1n) is 8.19. The summed E-state index contributed by atoms with van der Waals surface area (Å²) in [5, 5.41) is 5.76. The van der Waals surface area contributed by atoms with Crippen LogP contribution in [-0.2, 0) is 6.42 Å². The largest absolute Gasteiger partial charge is 0.497 e. The molecule has 2 amide bonds. The summed E-state index contributed by atoms with van der Waals surface area (Å²) in [6.45, 7) is 2.65. The molecule has 0 fully saturated rings. The predicted molar refractivity (Wildman–Crippen MR) is 97.9 cm³/mol. The Morgan fingerprint density at radius 1 is 1.20 bits per heavy atom. The van der Waals surface area contributed by atoms with E-state index in [2.05, 4.69) is 20.6 Å². The molecule has 2 aromatic rings. The van der Waals surface area contributed by atoms with Crippen LogP contribution in [0.25, 0.3) is 0 Å². The Morgan fingerprint density at radius 2 is 1.84 bits per heavy atom. The SMILES string of the molecule is CCc1ncc(NC(=O)N[C@@H](CN(C)C)c2ccc(OC)cc2)cn1. The Bertz CT molecular complexity index is 671. The molecular formula is C18H25N5O2. The van der Waals surface area contributed by atoms with Crippen LogP contribution in [0, 0.1) is 0 Å². The third-order valence-corrected chi connectivity index (χ3v) is 3.65. The topological polar surface area (TPSA) is 79.4 Å². The van der Waals surface area contributed by atoms with Gasteiger partial charge in [-0.1, -0.05) is 19.1 Å². The lowest BCUT2D eigenvalue weighted by Gasteiger charge is -2.23. The van der Waals surface area contributed by atoms with E-state index in [4.69, 9.17) is 4.74 Å². The number of benzene rings is 1. The van der Waals surface area contributed by atoms with E-state index in [0.717, 1.165) is 23.6 Å². The van der Waals surface area contributed by atoms with Crippen molar-refractivity contribution in [2.75, 3.05) is 33.1 Å². The van der Waals surface area contributed by atoms with E-state index in [1.165, 1.54) is 0 Å². The van der Waals surface area contributed by atoms with Crippen molar-refractivity contribution in [1.82, 2.24) is 20.2 Å². The van der Waals surface area contributed by atoms with E-state index in [-0.39, 0.29) is 12.1 Å². The number of nitrogens with zero attached hydrogens (tertiary/aromatic N) is 3. The zero-order valence-corrected chi connectivity index (χ0v) is 15.1. The molecule has 25 heavy (non-hydrogen) atoms. The number of nitrogens with one attached hydrogen (secondary N) is 2. The average molecular weight is 343 g/mol. The molecule has 1 aromatic carbocycles. The number of carbonyl (C=O) groups excluding carboxylic acids is 1. The van der Waals surface area contributed by atoms with Gasteiger partial charge in [0.1, 0.15) is 11.6 Å². The van der Waals surface area contributed by atoms with Crippen molar-refractivity contribution in [3.63, 3.8) is 0 Å². The van der Waals surface area contributed by atoms with Gasteiger partial charge >= 0.3 is 6.03 Å². The second-order valence-electron chi connectivity index (χ2n) is 5.93. The van der Waals surface area contributed by atoms with Crippen LogP contribution in [0.15, 0.2) is 36.7 Å². The third kappa shape index (κ3) is 5.72. The highest BCUT2D eigenvalue weighted by Gasteiger charge is 2.16. The lowest BCUT2D eigenvalue weighted by atomic mass is 10.1. The standard InChI is InChI=1S/C18H25N5O2/c1-5-17-19-10-14(11-20-17)21-18(24)22-16(12-23(2)3)13-6-8-15(25-4)9-7-13/h6-11,16H,5,12H2,1-4H3,(H2,21,22,24)/t16-/m0/s1. The van der Waals surface area contributed by atoms with Gasteiger partial charge in [-0.2, -0.15) is 0 Å². The second kappa shape index (κ2) is 8.98. The van der Waals surface area contributed by atoms with Gasteiger partial charge in [0.15, 0.2) is 0 Å². The number of amides is 2. The number of carbonyl (C=O) groups is 1. The summed E-state index contributed by atoms with van der Waals surface area (Å²) >= 11 is 0. The molecule has 0 aliphatic carbocycles. The fourth-order valence-corrected chi connectivity index (χ4v) is 2.36. The number of rotatable bonds is 7. The summed E-state index contributed by atoms with van der Waals surface area (Å²) in [7, 11) is 5.56. The summed E-state index contributed by atoms with van der Waals surface area (Å²) in [4.78, 5) is 22.7. The summed E-state index contributed by atoms with van der Waals surface area (Å²) in [5.41, 5.74) is 1.57. The van der Waals surface area contributed by atoms with Crippen LogP contribution in [-0.4, -0.2) is 48.6 Å². The van der Waals surface area contributed by atoms with Crippen molar-refractivity contribution in [3.05, 3.63) is 48.0 Å².